The van der Waals surface area contributed by atoms with Gasteiger partial charge < -0.3 is 15.0 Å². The number of aryl methyl sites for hydroxylation is 2. The highest BCUT2D eigenvalue weighted by Crippen LogP contribution is 2.26. The van der Waals surface area contributed by atoms with Crippen LogP contribution in [-0.2, 0) is 19.1 Å². The number of ether oxygens (including phenoxy) is 1. The number of esters is 1. The van der Waals surface area contributed by atoms with E-state index in [1.54, 1.807) is 11.0 Å². The molecule has 1 aliphatic rings. The number of hydrogen-bond donors (Lipinski definition) is 1. The van der Waals surface area contributed by atoms with E-state index < -0.39 is 17.8 Å². The van der Waals surface area contributed by atoms with Crippen molar-refractivity contribution in [3.8, 4) is 0 Å². The second kappa shape index (κ2) is 8.03. The molecule has 1 atom stereocenters. The maximum absolute atomic E-state index is 12.3. The number of nitrogens with one attached hydrogen (secondary N) is 1. The molecule has 0 aliphatic carbocycles. The molecule has 6 heteroatoms. The monoisotopic (exact) mass is 366 g/mol. The molecule has 1 fully saturated rings. The first kappa shape index (κ1) is 18.6. The first-order chi connectivity index (χ1) is 12.9. The zero-order chi connectivity index (χ0) is 19.4. The highest BCUT2D eigenvalue weighted by molar-refractivity contribution is 6.00. The van der Waals surface area contributed by atoms with Gasteiger partial charge in [-0.05, 0) is 43.2 Å². The third-order valence-electron chi connectivity index (χ3n) is 4.54. The van der Waals surface area contributed by atoms with Gasteiger partial charge in [0.25, 0.3) is 5.91 Å². The van der Waals surface area contributed by atoms with Gasteiger partial charge in [-0.2, -0.15) is 0 Å². The lowest BCUT2D eigenvalue weighted by Gasteiger charge is -2.17. The standard InChI is InChI=1S/C21H22N2O4/c1-14-6-5-8-17(10-14)23-12-16(11-20(23)25)21(26)27-13-19(24)22-18-9-4-3-7-15(18)2/h3-10,16H,11-13H2,1-2H3,(H,22,24)/t16-/m1/s1. The smallest absolute Gasteiger partial charge is 0.311 e. The van der Waals surface area contributed by atoms with Crippen LogP contribution in [0.2, 0.25) is 0 Å². The van der Waals surface area contributed by atoms with Gasteiger partial charge in [-0.25, -0.2) is 0 Å². The summed E-state index contributed by atoms with van der Waals surface area (Å²) in [7, 11) is 0. The van der Waals surface area contributed by atoms with Crippen molar-refractivity contribution in [2.45, 2.75) is 20.3 Å². The van der Waals surface area contributed by atoms with Crippen molar-refractivity contribution in [2.24, 2.45) is 5.92 Å². The molecule has 6 nitrogen and oxygen atoms in total. The number of nitrogens with zero attached hydrogens (tertiary/aromatic N) is 1. The normalized spacial score (nSPS) is 16.3. The minimum absolute atomic E-state index is 0.0895. The fourth-order valence-corrected chi connectivity index (χ4v) is 3.06. The van der Waals surface area contributed by atoms with E-state index in [9.17, 15) is 14.4 Å². The van der Waals surface area contributed by atoms with E-state index in [-0.39, 0.29) is 25.5 Å². The molecule has 0 saturated carbocycles. The summed E-state index contributed by atoms with van der Waals surface area (Å²) in [6.45, 7) is 3.72. The Morgan fingerprint density at radius 1 is 1.15 bits per heavy atom. The van der Waals surface area contributed by atoms with E-state index in [1.165, 1.54) is 0 Å². The lowest BCUT2D eigenvalue weighted by molar-refractivity contribution is -0.151. The van der Waals surface area contributed by atoms with Crippen LogP contribution < -0.4 is 10.2 Å². The van der Waals surface area contributed by atoms with Crippen molar-refractivity contribution < 1.29 is 19.1 Å². The second-order valence-electron chi connectivity index (χ2n) is 6.72. The molecular formula is C21H22N2O4. The highest BCUT2D eigenvalue weighted by Gasteiger charge is 2.36. The molecule has 0 aromatic heterocycles. The number of para-hydroxylation sites is 1. The summed E-state index contributed by atoms with van der Waals surface area (Å²) in [5.41, 5.74) is 3.42. The Kier molecular flexibility index (Phi) is 5.54. The third-order valence-corrected chi connectivity index (χ3v) is 4.54. The van der Waals surface area contributed by atoms with E-state index >= 15 is 0 Å². The molecule has 140 valence electrons. The van der Waals surface area contributed by atoms with Gasteiger partial charge in [-0.1, -0.05) is 30.3 Å². The molecule has 1 aliphatic heterocycles. The molecule has 27 heavy (non-hydrogen) atoms. The molecule has 0 radical (unpaired) electrons. The Labute approximate surface area is 158 Å². The molecule has 0 spiro atoms. The quantitative estimate of drug-likeness (QED) is 0.826. The van der Waals surface area contributed by atoms with Crippen LogP contribution in [0.25, 0.3) is 0 Å². The van der Waals surface area contributed by atoms with Gasteiger partial charge in [0.05, 0.1) is 5.92 Å². The summed E-state index contributed by atoms with van der Waals surface area (Å²) in [6, 6.07) is 14.9. The van der Waals surface area contributed by atoms with Crippen molar-refractivity contribution in [1.29, 1.82) is 0 Å². The fraction of sp³-hybridized carbons (Fsp3) is 0.286. The molecule has 2 aromatic rings. The van der Waals surface area contributed by atoms with Crippen LogP contribution in [0, 0.1) is 19.8 Å². The summed E-state index contributed by atoms with van der Waals surface area (Å²) >= 11 is 0. The highest BCUT2D eigenvalue weighted by atomic mass is 16.5. The number of benzene rings is 2. The predicted molar refractivity (Wildman–Crippen MR) is 102 cm³/mol. The zero-order valence-electron chi connectivity index (χ0n) is 15.4. The first-order valence-corrected chi connectivity index (χ1v) is 8.83. The average molecular weight is 366 g/mol. The summed E-state index contributed by atoms with van der Waals surface area (Å²) in [4.78, 5) is 38.1. The molecule has 1 heterocycles. The Morgan fingerprint density at radius 3 is 2.67 bits per heavy atom. The summed E-state index contributed by atoms with van der Waals surface area (Å²) in [6.07, 6.45) is 0.0895. The number of rotatable bonds is 5. The van der Waals surface area contributed by atoms with E-state index in [2.05, 4.69) is 5.32 Å². The molecular weight excluding hydrogens is 344 g/mol. The average Bonchev–Trinajstić information content (AvgIpc) is 3.03. The maximum atomic E-state index is 12.3. The van der Waals surface area contributed by atoms with Gasteiger partial charge in [-0.15, -0.1) is 0 Å². The van der Waals surface area contributed by atoms with Crippen molar-refractivity contribution in [3.63, 3.8) is 0 Å². The molecule has 0 bridgehead atoms. The van der Waals surface area contributed by atoms with Crippen LogP contribution in [0.3, 0.4) is 0 Å². The van der Waals surface area contributed by atoms with Crippen molar-refractivity contribution >= 4 is 29.2 Å². The molecule has 2 aromatic carbocycles. The third kappa shape index (κ3) is 4.53. The van der Waals surface area contributed by atoms with Crippen molar-refractivity contribution in [1.82, 2.24) is 0 Å². The molecule has 3 rings (SSSR count). The van der Waals surface area contributed by atoms with Crippen LogP contribution >= 0.6 is 0 Å². The van der Waals surface area contributed by atoms with E-state index in [0.29, 0.717) is 5.69 Å². The fourth-order valence-electron chi connectivity index (χ4n) is 3.06. The Bertz CT molecular complexity index is 878. The van der Waals surface area contributed by atoms with Gasteiger partial charge in [0.15, 0.2) is 6.61 Å². The van der Waals surface area contributed by atoms with Crippen LogP contribution in [0.1, 0.15) is 17.5 Å². The summed E-state index contributed by atoms with van der Waals surface area (Å²) < 4.78 is 5.13. The van der Waals surface area contributed by atoms with Crippen LogP contribution in [0.15, 0.2) is 48.5 Å². The van der Waals surface area contributed by atoms with Crippen LogP contribution in [-0.4, -0.2) is 30.9 Å². The van der Waals surface area contributed by atoms with Crippen molar-refractivity contribution in [3.05, 3.63) is 59.7 Å². The van der Waals surface area contributed by atoms with Gasteiger partial charge >= 0.3 is 5.97 Å². The number of hydrogen-bond acceptors (Lipinski definition) is 4. The summed E-state index contributed by atoms with van der Waals surface area (Å²) in [5, 5.41) is 2.71. The molecule has 2 amide bonds. The predicted octanol–water partition coefficient (Wildman–Crippen LogP) is 2.84. The Hall–Kier alpha value is -3.15. The van der Waals surface area contributed by atoms with Crippen molar-refractivity contribution in [2.75, 3.05) is 23.4 Å². The van der Waals surface area contributed by atoms with Gasteiger partial charge in [-0.3, -0.25) is 14.4 Å². The SMILES string of the molecule is Cc1cccc(N2C[C@H](C(=O)OCC(=O)Nc3ccccc3C)CC2=O)c1. The minimum Gasteiger partial charge on any atom is -0.455 e. The Balaban J connectivity index is 1.53. The topological polar surface area (TPSA) is 75.7 Å². The minimum atomic E-state index is -0.565. The van der Waals surface area contributed by atoms with Crippen LogP contribution in [0.4, 0.5) is 11.4 Å². The molecule has 0 unspecified atom stereocenters. The maximum Gasteiger partial charge on any atom is 0.311 e. The largest absolute Gasteiger partial charge is 0.455 e. The lowest BCUT2D eigenvalue weighted by Crippen LogP contribution is -2.28. The van der Waals surface area contributed by atoms with Gasteiger partial charge in [0.1, 0.15) is 0 Å². The lowest BCUT2D eigenvalue weighted by atomic mass is 10.1. The number of amides is 2. The van der Waals surface area contributed by atoms with E-state index in [1.807, 2.05) is 56.3 Å². The van der Waals surface area contributed by atoms with Crippen LogP contribution in [0.5, 0.6) is 0 Å². The zero-order valence-corrected chi connectivity index (χ0v) is 15.4. The Morgan fingerprint density at radius 2 is 1.93 bits per heavy atom. The first-order valence-electron chi connectivity index (χ1n) is 8.83. The number of carbonyl (C=O) groups is 3. The number of anilines is 2. The second-order valence-corrected chi connectivity index (χ2v) is 6.72. The van der Waals surface area contributed by atoms with Gasteiger partial charge in [0, 0.05) is 24.3 Å². The summed E-state index contributed by atoms with van der Waals surface area (Å²) in [5.74, 6) is -1.62. The van der Waals surface area contributed by atoms with Gasteiger partial charge in [0.2, 0.25) is 5.91 Å². The number of carbonyl (C=O) groups excluding carboxylic acids is 3. The molecule has 1 saturated heterocycles. The molecule has 1 N–H and O–H groups in total. The van der Waals surface area contributed by atoms with E-state index in [0.717, 1.165) is 16.8 Å². The van der Waals surface area contributed by atoms with E-state index in [4.69, 9.17) is 4.74 Å².